The van der Waals surface area contributed by atoms with Crippen molar-refractivity contribution >= 4 is 22.9 Å². The molecule has 0 saturated carbocycles. The van der Waals surface area contributed by atoms with Gasteiger partial charge in [-0.3, -0.25) is 10.2 Å². The fourth-order valence-corrected chi connectivity index (χ4v) is 2.04. The van der Waals surface area contributed by atoms with Crippen molar-refractivity contribution in [3.8, 4) is 0 Å². The Morgan fingerprint density at radius 2 is 1.95 bits per heavy atom. The Kier molecular flexibility index (Phi) is 3.51. The molecular weight excluding hydrogens is 264 g/mol. The number of aryl methyl sites for hydroxylation is 1. The molecule has 1 heterocycles. The summed E-state index contributed by atoms with van der Waals surface area (Å²) in [4.78, 5) is 12.3. The summed E-state index contributed by atoms with van der Waals surface area (Å²) in [6, 6.07) is 15.1. The molecule has 0 aliphatic carbocycles. The van der Waals surface area contributed by atoms with E-state index in [0.29, 0.717) is 16.5 Å². The lowest BCUT2D eigenvalue weighted by Crippen LogP contribution is -2.08. The van der Waals surface area contributed by atoms with E-state index in [1.807, 2.05) is 49.4 Å². The number of fused-ring (bicyclic) bond motifs is 1. The number of anilines is 1. The number of hydrogen-bond acceptors (Lipinski definition) is 4. The Morgan fingerprint density at radius 1 is 1.14 bits per heavy atom. The standard InChI is InChI=1S/C17H14N2O2/c1-12-7-8-16-15(9-12)17(20)13(11-21-16)10-18-19-14-5-3-2-4-6-14/h2-11,19H,1H3. The first-order valence-electron chi connectivity index (χ1n) is 6.60. The quantitative estimate of drug-likeness (QED) is 0.589. The van der Waals surface area contributed by atoms with E-state index in [2.05, 4.69) is 10.5 Å². The van der Waals surface area contributed by atoms with Crippen molar-refractivity contribution in [3.63, 3.8) is 0 Å². The minimum atomic E-state index is -0.0847. The van der Waals surface area contributed by atoms with Crippen LogP contribution in [0.5, 0.6) is 0 Å². The molecule has 3 aromatic rings. The molecule has 3 rings (SSSR count). The molecule has 0 bridgehead atoms. The minimum absolute atomic E-state index is 0.0847. The van der Waals surface area contributed by atoms with Crippen molar-refractivity contribution in [3.05, 3.63) is 76.1 Å². The van der Waals surface area contributed by atoms with E-state index < -0.39 is 0 Å². The number of benzene rings is 2. The molecule has 0 atom stereocenters. The second-order valence-corrected chi connectivity index (χ2v) is 4.76. The van der Waals surface area contributed by atoms with Gasteiger partial charge in [0.2, 0.25) is 5.43 Å². The summed E-state index contributed by atoms with van der Waals surface area (Å²) in [5.41, 5.74) is 5.66. The first-order chi connectivity index (χ1) is 10.2. The topological polar surface area (TPSA) is 54.6 Å². The minimum Gasteiger partial charge on any atom is -0.463 e. The average molecular weight is 278 g/mol. The Labute approximate surface area is 121 Å². The van der Waals surface area contributed by atoms with Gasteiger partial charge in [0.15, 0.2) is 0 Å². The maximum atomic E-state index is 12.3. The second-order valence-electron chi connectivity index (χ2n) is 4.76. The van der Waals surface area contributed by atoms with Gasteiger partial charge in [-0.15, -0.1) is 0 Å². The van der Waals surface area contributed by atoms with Gasteiger partial charge in [-0.05, 0) is 31.2 Å². The molecule has 4 nitrogen and oxygen atoms in total. The maximum absolute atomic E-state index is 12.3. The van der Waals surface area contributed by atoms with E-state index in [1.165, 1.54) is 12.5 Å². The Hall–Kier alpha value is -2.88. The van der Waals surface area contributed by atoms with Crippen LogP contribution in [-0.4, -0.2) is 6.21 Å². The molecule has 0 amide bonds. The lowest BCUT2D eigenvalue weighted by Gasteiger charge is -2.00. The Morgan fingerprint density at radius 3 is 2.76 bits per heavy atom. The van der Waals surface area contributed by atoms with Gasteiger partial charge in [0.05, 0.1) is 22.9 Å². The lowest BCUT2D eigenvalue weighted by atomic mass is 10.1. The van der Waals surface area contributed by atoms with Crippen LogP contribution in [-0.2, 0) is 0 Å². The maximum Gasteiger partial charge on any atom is 0.201 e. The Bertz CT molecular complexity index is 852. The molecule has 0 aliphatic heterocycles. The first kappa shape index (κ1) is 13.1. The molecule has 0 unspecified atom stereocenters. The molecule has 0 spiro atoms. The summed E-state index contributed by atoms with van der Waals surface area (Å²) in [7, 11) is 0. The van der Waals surface area contributed by atoms with Crippen LogP contribution in [0.15, 0.2) is 69.1 Å². The van der Waals surface area contributed by atoms with Crippen LogP contribution >= 0.6 is 0 Å². The van der Waals surface area contributed by atoms with Crippen molar-refractivity contribution in [1.82, 2.24) is 0 Å². The second kappa shape index (κ2) is 5.63. The molecule has 0 radical (unpaired) electrons. The van der Waals surface area contributed by atoms with Crippen molar-refractivity contribution in [1.29, 1.82) is 0 Å². The van der Waals surface area contributed by atoms with Gasteiger partial charge in [-0.2, -0.15) is 5.10 Å². The number of para-hydroxylation sites is 1. The van der Waals surface area contributed by atoms with Crippen LogP contribution in [0.2, 0.25) is 0 Å². The van der Waals surface area contributed by atoms with E-state index in [9.17, 15) is 4.79 Å². The van der Waals surface area contributed by atoms with Gasteiger partial charge in [-0.1, -0.05) is 29.8 Å². The van der Waals surface area contributed by atoms with Gasteiger partial charge in [0.25, 0.3) is 0 Å². The average Bonchev–Trinajstić information content (AvgIpc) is 2.51. The van der Waals surface area contributed by atoms with E-state index in [0.717, 1.165) is 11.3 Å². The third kappa shape index (κ3) is 2.84. The molecule has 2 aromatic carbocycles. The van der Waals surface area contributed by atoms with Crippen molar-refractivity contribution in [2.24, 2.45) is 5.10 Å². The van der Waals surface area contributed by atoms with Gasteiger partial charge in [0, 0.05) is 0 Å². The van der Waals surface area contributed by atoms with Crippen molar-refractivity contribution in [2.75, 3.05) is 5.43 Å². The lowest BCUT2D eigenvalue weighted by molar-refractivity contribution is 0.601. The highest BCUT2D eigenvalue weighted by Gasteiger charge is 2.05. The Balaban J connectivity index is 1.91. The van der Waals surface area contributed by atoms with Crippen molar-refractivity contribution < 1.29 is 4.42 Å². The smallest absolute Gasteiger partial charge is 0.201 e. The fourth-order valence-electron chi connectivity index (χ4n) is 2.04. The molecule has 1 aromatic heterocycles. The third-order valence-corrected chi connectivity index (χ3v) is 3.13. The highest BCUT2D eigenvalue weighted by molar-refractivity contribution is 5.86. The summed E-state index contributed by atoms with van der Waals surface area (Å²) in [6.07, 6.45) is 2.90. The summed E-state index contributed by atoms with van der Waals surface area (Å²) >= 11 is 0. The van der Waals surface area contributed by atoms with Crippen LogP contribution in [0.4, 0.5) is 5.69 Å². The third-order valence-electron chi connectivity index (χ3n) is 3.13. The molecule has 0 fully saturated rings. The number of nitrogens with zero attached hydrogens (tertiary/aromatic N) is 1. The molecule has 1 N–H and O–H groups in total. The summed E-state index contributed by atoms with van der Waals surface area (Å²) in [6.45, 7) is 1.94. The highest BCUT2D eigenvalue weighted by Crippen LogP contribution is 2.12. The molecule has 0 aliphatic rings. The first-order valence-corrected chi connectivity index (χ1v) is 6.60. The number of hydrazone groups is 1. The predicted octanol–water partition coefficient (Wildman–Crippen LogP) is 3.55. The largest absolute Gasteiger partial charge is 0.463 e. The number of hydrogen-bond donors (Lipinski definition) is 1. The van der Waals surface area contributed by atoms with Gasteiger partial charge >= 0.3 is 0 Å². The van der Waals surface area contributed by atoms with E-state index in [1.54, 1.807) is 6.07 Å². The van der Waals surface area contributed by atoms with Gasteiger partial charge < -0.3 is 4.42 Å². The van der Waals surface area contributed by atoms with Crippen molar-refractivity contribution in [2.45, 2.75) is 6.92 Å². The summed E-state index contributed by atoms with van der Waals surface area (Å²) in [5.74, 6) is 0. The highest BCUT2D eigenvalue weighted by atomic mass is 16.3. The molecule has 21 heavy (non-hydrogen) atoms. The normalized spacial score (nSPS) is 11.1. The summed E-state index contributed by atoms with van der Waals surface area (Å²) in [5, 5.41) is 4.64. The zero-order valence-electron chi connectivity index (χ0n) is 11.5. The predicted molar refractivity (Wildman–Crippen MR) is 84.9 cm³/mol. The fraction of sp³-hybridized carbons (Fsp3) is 0.0588. The van der Waals surface area contributed by atoms with Crippen LogP contribution in [0, 0.1) is 6.92 Å². The molecule has 0 saturated heterocycles. The van der Waals surface area contributed by atoms with Crippen LogP contribution in [0.1, 0.15) is 11.1 Å². The van der Waals surface area contributed by atoms with E-state index in [-0.39, 0.29) is 5.43 Å². The monoisotopic (exact) mass is 278 g/mol. The van der Waals surface area contributed by atoms with Crippen LogP contribution in [0.25, 0.3) is 11.0 Å². The number of nitrogens with one attached hydrogen (secondary N) is 1. The van der Waals surface area contributed by atoms with E-state index >= 15 is 0 Å². The zero-order valence-corrected chi connectivity index (χ0v) is 11.5. The van der Waals surface area contributed by atoms with Gasteiger partial charge in [0.1, 0.15) is 11.8 Å². The molecule has 4 heteroatoms. The SMILES string of the molecule is Cc1ccc2occ(C=NNc3ccccc3)c(=O)c2c1. The van der Waals surface area contributed by atoms with E-state index in [4.69, 9.17) is 4.42 Å². The van der Waals surface area contributed by atoms with Crippen LogP contribution < -0.4 is 10.9 Å². The van der Waals surface area contributed by atoms with Gasteiger partial charge in [-0.25, -0.2) is 0 Å². The molecule has 104 valence electrons. The zero-order chi connectivity index (χ0) is 14.7. The number of rotatable bonds is 3. The summed E-state index contributed by atoms with van der Waals surface area (Å²) < 4.78 is 5.46. The molecular formula is C17H14N2O2. The van der Waals surface area contributed by atoms with Crippen LogP contribution in [0.3, 0.4) is 0 Å².